The monoisotopic (exact) mass is 312 g/mol. The first-order valence-corrected chi connectivity index (χ1v) is 8.90. The summed E-state index contributed by atoms with van der Waals surface area (Å²) in [7, 11) is 0. The second-order valence-electron chi connectivity index (χ2n) is 6.09. The van der Waals surface area contributed by atoms with E-state index in [1.807, 2.05) is 0 Å². The third kappa shape index (κ3) is 9.03. The molecule has 1 aliphatic rings. The first-order valence-electron chi connectivity index (χ1n) is 8.90. The maximum atomic E-state index is 11.7. The lowest BCUT2D eigenvalue weighted by molar-refractivity contribution is -0.147. The smallest absolute Gasteiger partial charge is 0.324 e. The first-order chi connectivity index (χ1) is 10.7. The molecule has 0 aliphatic carbocycles. The molecule has 128 valence electrons. The van der Waals surface area contributed by atoms with Gasteiger partial charge in [0.2, 0.25) is 5.91 Å². The van der Waals surface area contributed by atoms with Gasteiger partial charge in [0.1, 0.15) is 6.04 Å². The molecule has 1 atom stereocenters. The lowest BCUT2D eigenvalue weighted by atomic mass is 10.1. The van der Waals surface area contributed by atoms with Crippen LogP contribution in [0.25, 0.3) is 0 Å². The van der Waals surface area contributed by atoms with Crippen molar-refractivity contribution in [1.82, 2.24) is 10.6 Å². The fourth-order valence-electron chi connectivity index (χ4n) is 2.60. The van der Waals surface area contributed by atoms with Crippen LogP contribution in [0.2, 0.25) is 0 Å². The van der Waals surface area contributed by atoms with Crippen molar-refractivity contribution in [2.45, 2.75) is 77.2 Å². The molecule has 0 bridgehead atoms. The number of esters is 1. The number of carbonyl (C=O) groups excluding carboxylic acids is 2. The van der Waals surface area contributed by atoms with Crippen molar-refractivity contribution in [2.75, 3.05) is 19.7 Å². The first kappa shape index (κ1) is 18.9. The molecule has 1 heterocycles. The Morgan fingerprint density at radius 1 is 1.05 bits per heavy atom. The maximum absolute atomic E-state index is 11.7. The molecule has 1 fully saturated rings. The fraction of sp³-hybridized carbons (Fsp3) is 0.882. The van der Waals surface area contributed by atoms with Gasteiger partial charge in [0.25, 0.3) is 0 Å². The number of carbonyl (C=O) groups is 2. The van der Waals surface area contributed by atoms with Crippen LogP contribution in [-0.4, -0.2) is 37.6 Å². The SMILES string of the molecule is CCCCCCCCCCCCOC(=O)C1CNC(=O)CN1. The van der Waals surface area contributed by atoms with Crippen molar-refractivity contribution in [2.24, 2.45) is 0 Å². The second-order valence-corrected chi connectivity index (χ2v) is 6.09. The average Bonchev–Trinajstić information content (AvgIpc) is 2.53. The van der Waals surface area contributed by atoms with Crippen LogP contribution in [-0.2, 0) is 14.3 Å². The van der Waals surface area contributed by atoms with Crippen molar-refractivity contribution >= 4 is 11.9 Å². The second kappa shape index (κ2) is 12.4. The summed E-state index contributed by atoms with van der Waals surface area (Å²) in [5.74, 6) is -0.324. The van der Waals surface area contributed by atoms with Crippen LogP contribution in [0.4, 0.5) is 0 Å². The van der Waals surface area contributed by atoms with Crippen molar-refractivity contribution < 1.29 is 14.3 Å². The van der Waals surface area contributed by atoms with Crippen LogP contribution in [0, 0.1) is 0 Å². The molecule has 1 amide bonds. The molecule has 5 heteroatoms. The quantitative estimate of drug-likeness (QED) is 0.429. The molecule has 0 saturated carbocycles. The lowest BCUT2D eigenvalue weighted by Crippen LogP contribution is -2.55. The number of amides is 1. The Balaban J connectivity index is 1.85. The molecular formula is C17H32N2O3. The van der Waals surface area contributed by atoms with Gasteiger partial charge in [-0.25, -0.2) is 0 Å². The van der Waals surface area contributed by atoms with Crippen LogP contribution in [0.3, 0.4) is 0 Å². The Hall–Kier alpha value is -1.10. The molecular weight excluding hydrogens is 280 g/mol. The van der Waals surface area contributed by atoms with E-state index < -0.39 is 0 Å². The normalized spacial score (nSPS) is 18.0. The van der Waals surface area contributed by atoms with Gasteiger partial charge in [-0.2, -0.15) is 0 Å². The minimum absolute atomic E-state index is 0.0706. The van der Waals surface area contributed by atoms with Crippen LogP contribution in [0.1, 0.15) is 71.1 Å². The minimum Gasteiger partial charge on any atom is -0.464 e. The van der Waals surface area contributed by atoms with E-state index in [0.29, 0.717) is 13.2 Å². The number of hydrogen-bond donors (Lipinski definition) is 2. The molecule has 22 heavy (non-hydrogen) atoms. The molecule has 0 radical (unpaired) electrons. The van der Waals surface area contributed by atoms with E-state index in [0.717, 1.165) is 12.8 Å². The summed E-state index contributed by atoms with van der Waals surface area (Å²) in [6.45, 7) is 3.25. The van der Waals surface area contributed by atoms with Gasteiger partial charge in [0.15, 0.2) is 0 Å². The van der Waals surface area contributed by atoms with E-state index in [9.17, 15) is 9.59 Å². The number of piperazine rings is 1. The lowest BCUT2D eigenvalue weighted by Gasteiger charge is -2.22. The highest BCUT2D eigenvalue weighted by molar-refractivity contribution is 5.83. The minimum atomic E-state index is -0.388. The van der Waals surface area contributed by atoms with Crippen LogP contribution < -0.4 is 10.6 Å². The zero-order chi connectivity index (χ0) is 16.0. The van der Waals surface area contributed by atoms with Crippen LogP contribution >= 0.6 is 0 Å². The highest BCUT2D eigenvalue weighted by atomic mass is 16.5. The Morgan fingerprint density at radius 2 is 1.64 bits per heavy atom. The molecule has 1 aliphatic heterocycles. The zero-order valence-electron chi connectivity index (χ0n) is 14.0. The highest BCUT2D eigenvalue weighted by Gasteiger charge is 2.24. The predicted octanol–water partition coefficient (Wildman–Crippen LogP) is 2.54. The van der Waals surface area contributed by atoms with Gasteiger partial charge in [-0.05, 0) is 6.42 Å². The highest BCUT2D eigenvalue weighted by Crippen LogP contribution is 2.10. The average molecular weight is 312 g/mol. The van der Waals surface area contributed by atoms with E-state index in [2.05, 4.69) is 17.6 Å². The predicted molar refractivity (Wildman–Crippen MR) is 87.6 cm³/mol. The molecule has 0 aromatic heterocycles. The topological polar surface area (TPSA) is 67.4 Å². The van der Waals surface area contributed by atoms with E-state index in [1.165, 1.54) is 51.4 Å². The Kier molecular flexibility index (Phi) is 10.7. The number of nitrogens with one attached hydrogen (secondary N) is 2. The van der Waals surface area contributed by atoms with Crippen molar-refractivity contribution in [3.05, 3.63) is 0 Å². The van der Waals surface area contributed by atoms with E-state index in [4.69, 9.17) is 4.74 Å². The van der Waals surface area contributed by atoms with Gasteiger partial charge in [-0.3, -0.25) is 14.9 Å². The van der Waals surface area contributed by atoms with Gasteiger partial charge < -0.3 is 10.1 Å². The molecule has 1 unspecified atom stereocenters. The van der Waals surface area contributed by atoms with E-state index in [-0.39, 0.29) is 24.5 Å². The van der Waals surface area contributed by atoms with Crippen LogP contribution in [0.15, 0.2) is 0 Å². The third-order valence-corrected chi connectivity index (χ3v) is 4.04. The molecule has 2 N–H and O–H groups in total. The zero-order valence-corrected chi connectivity index (χ0v) is 14.0. The molecule has 0 aromatic rings. The van der Waals surface area contributed by atoms with Crippen molar-refractivity contribution in [3.63, 3.8) is 0 Å². The standard InChI is InChI=1S/C17H32N2O3/c1-2-3-4-5-6-7-8-9-10-11-12-22-17(21)15-13-19-16(20)14-18-15/h15,18H,2-14H2,1H3,(H,19,20). The van der Waals surface area contributed by atoms with Crippen molar-refractivity contribution in [1.29, 1.82) is 0 Å². The van der Waals surface area contributed by atoms with Gasteiger partial charge in [0.05, 0.1) is 13.2 Å². The number of unbranched alkanes of at least 4 members (excludes halogenated alkanes) is 9. The summed E-state index contributed by atoms with van der Waals surface area (Å²) in [6, 6.07) is -0.388. The van der Waals surface area contributed by atoms with E-state index in [1.54, 1.807) is 0 Å². The summed E-state index contributed by atoms with van der Waals surface area (Å²) in [4.78, 5) is 22.7. The van der Waals surface area contributed by atoms with Crippen molar-refractivity contribution in [3.8, 4) is 0 Å². The number of ether oxygens (including phenoxy) is 1. The summed E-state index contributed by atoms with van der Waals surface area (Å²) >= 11 is 0. The summed E-state index contributed by atoms with van der Waals surface area (Å²) < 4.78 is 5.24. The Labute approximate surface area is 134 Å². The Bertz CT molecular complexity index is 311. The van der Waals surface area contributed by atoms with Crippen LogP contribution in [0.5, 0.6) is 0 Å². The van der Waals surface area contributed by atoms with E-state index >= 15 is 0 Å². The molecule has 1 rings (SSSR count). The fourth-order valence-corrected chi connectivity index (χ4v) is 2.60. The molecule has 5 nitrogen and oxygen atoms in total. The molecule has 1 saturated heterocycles. The number of rotatable bonds is 12. The largest absolute Gasteiger partial charge is 0.464 e. The van der Waals surface area contributed by atoms with Gasteiger partial charge in [0, 0.05) is 6.54 Å². The van der Waals surface area contributed by atoms with Gasteiger partial charge in [-0.15, -0.1) is 0 Å². The Morgan fingerprint density at radius 3 is 2.18 bits per heavy atom. The summed E-state index contributed by atoms with van der Waals surface area (Å²) in [5, 5.41) is 5.53. The maximum Gasteiger partial charge on any atom is 0.324 e. The van der Waals surface area contributed by atoms with Gasteiger partial charge >= 0.3 is 5.97 Å². The summed E-state index contributed by atoms with van der Waals surface area (Å²) in [5.41, 5.74) is 0. The molecule has 0 aromatic carbocycles. The summed E-state index contributed by atoms with van der Waals surface area (Å²) in [6.07, 6.45) is 12.7. The van der Waals surface area contributed by atoms with Gasteiger partial charge in [-0.1, -0.05) is 64.7 Å². The third-order valence-electron chi connectivity index (χ3n) is 4.04. The number of hydrogen-bond acceptors (Lipinski definition) is 4. The molecule has 0 spiro atoms.